The molecule has 0 bridgehead atoms. The van der Waals surface area contributed by atoms with Crippen LogP contribution in [0, 0.1) is 5.92 Å². The minimum atomic E-state index is -0.731. The highest BCUT2D eigenvalue weighted by Gasteiger charge is 2.43. The van der Waals surface area contributed by atoms with Crippen molar-refractivity contribution in [3.8, 4) is 0 Å². The van der Waals surface area contributed by atoms with Crippen LogP contribution in [0.2, 0.25) is 0 Å². The Kier molecular flexibility index (Phi) is 9.40. The van der Waals surface area contributed by atoms with E-state index >= 15 is 0 Å². The number of carboxylic acid groups (broad SMARTS) is 1. The quantitative estimate of drug-likeness (QED) is 0.514. The van der Waals surface area contributed by atoms with Crippen LogP contribution in [-0.2, 0) is 16.1 Å². The molecule has 0 aliphatic carbocycles. The van der Waals surface area contributed by atoms with Crippen LogP contribution in [0.4, 0.5) is 4.79 Å². The molecule has 1 aromatic rings. The number of carbonyl (C=O) groups excluding carboxylic acids is 1. The van der Waals surface area contributed by atoms with E-state index in [9.17, 15) is 9.59 Å². The molecule has 4 rings (SSSR count). The number of piperazine rings is 1. The number of hydrogen-bond donors (Lipinski definition) is 1. The first-order valence-electron chi connectivity index (χ1n) is 13.4. The molecule has 0 aromatic heterocycles. The molecule has 1 aromatic carbocycles. The van der Waals surface area contributed by atoms with Gasteiger partial charge in [0.2, 0.25) is 0 Å². The fourth-order valence-electron chi connectivity index (χ4n) is 5.83. The molecule has 194 valence electrons. The minimum Gasteiger partial charge on any atom is -0.481 e. The van der Waals surface area contributed by atoms with Gasteiger partial charge in [-0.2, -0.15) is 0 Å². The number of benzene rings is 1. The van der Waals surface area contributed by atoms with Crippen LogP contribution < -0.4 is 0 Å². The average Bonchev–Trinajstić information content (AvgIpc) is 3.14. The highest BCUT2D eigenvalue weighted by molar-refractivity contribution is 5.70. The number of amides is 1. The Labute approximate surface area is 209 Å². The number of likely N-dealkylation sites (tertiary alicyclic amines) is 1. The SMILES string of the molecule is CN1C(=O)OC(N2CCN(CCCC(=O)O)CC2)C1CCCC1CCN(Cc2ccccc2)CC1. The number of likely N-dealkylation sites (N-methyl/N-ethyl adjacent to an activating group) is 1. The van der Waals surface area contributed by atoms with E-state index in [0.717, 1.165) is 58.0 Å². The van der Waals surface area contributed by atoms with Gasteiger partial charge in [-0.05, 0) is 56.8 Å². The van der Waals surface area contributed by atoms with Gasteiger partial charge in [-0.25, -0.2) is 4.79 Å². The van der Waals surface area contributed by atoms with Crippen molar-refractivity contribution in [3.63, 3.8) is 0 Å². The molecule has 0 saturated carbocycles. The topological polar surface area (TPSA) is 76.6 Å². The number of piperidine rings is 1. The first kappa shape index (κ1) is 25.9. The first-order valence-corrected chi connectivity index (χ1v) is 13.4. The molecule has 3 aliphatic rings. The monoisotopic (exact) mass is 486 g/mol. The summed E-state index contributed by atoms with van der Waals surface area (Å²) in [6.45, 7) is 7.71. The summed E-state index contributed by atoms with van der Waals surface area (Å²) in [6.07, 6.45) is 6.38. The molecule has 8 heteroatoms. The minimum absolute atomic E-state index is 0.110. The number of carbonyl (C=O) groups is 2. The summed E-state index contributed by atoms with van der Waals surface area (Å²) in [4.78, 5) is 32.1. The van der Waals surface area contributed by atoms with E-state index in [1.54, 1.807) is 4.90 Å². The number of ether oxygens (including phenoxy) is 1. The van der Waals surface area contributed by atoms with Gasteiger partial charge in [0.05, 0.1) is 6.04 Å². The average molecular weight is 487 g/mol. The van der Waals surface area contributed by atoms with Crippen LogP contribution in [0.25, 0.3) is 0 Å². The Morgan fingerprint density at radius 2 is 1.69 bits per heavy atom. The Balaban J connectivity index is 1.17. The molecule has 2 atom stereocenters. The van der Waals surface area contributed by atoms with E-state index in [1.807, 2.05) is 7.05 Å². The number of aliphatic carboxylic acids is 1. The maximum absolute atomic E-state index is 12.4. The zero-order chi connectivity index (χ0) is 24.6. The highest BCUT2D eigenvalue weighted by atomic mass is 16.6. The van der Waals surface area contributed by atoms with E-state index in [0.29, 0.717) is 6.42 Å². The van der Waals surface area contributed by atoms with Crippen LogP contribution in [0.15, 0.2) is 30.3 Å². The van der Waals surface area contributed by atoms with Crippen molar-refractivity contribution in [2.45, 2.75) is 63.8 Å². The van der Waals surface area contributed by atoms with Gasteiger partial charge in [-0.1, -0.05) is 43.2 Å². The predicted molar refractivity (Wildman–Crippen MR) is 135 cm³/mol. The fraction of sp³-hybridized carbons (Fsp3) is 0.704. The number of carboxylic acids is 1. The lowest BCUT2D eigenvalue weighted by atomic mass is 9.90. The molecule has 3 aliphatic heterocycles. The van der Waals surface area contributed by atoms with Crippen LogP contribution in [-0.4, -0.2) is 102 Å². The zero-order valence-corrected chi connectivity index (χ0v) is 21.2. The van der Waals surface area contributed by atoms with E-state index in [2.05, 4.69) is 45.0 Å². The Hall–Kier alpha value is -2.16. The van der Waals surface area contributed by atoms with Crippen molar-refractivity contribution in [2.75, 3.05) is 52.9 Å². The van der Waals surface area contributed by atoms with E-state index < -0.39 is 5.97 Å². The Bertz CT molecular complexity index is 807. The van der Waals surface area contributed by atoms with Crippen LogP contribution in [0.5, 0.6) is 0 Å². The highest BCUT2D eigenvalue weighted by Crippen LogP contribution is 2.29. The zero-order valence-electron chi connectivity index (χ0n) is 21.2. The molecule has 3 saturated heterocycles. The van der Waals surface area contributed by atoms with Crippen molar-refractivity contribution in [3.05, 3.63) is 35.9 Å². The second-order valence-electron chi connectivity index (χ2n) is 10.5. The second-order valence-corrected chi connectivity index (χ2v) is 10.5. The van der Waals surface area contributed by atoms with Crippen LogP contribution in [0.3, 0.4) is 0 Å². The standard InChI is InChI=1S/C27H42N4O4/c1-28-24(10-5-9-22-12-15-30(16-13-22)21-23-7-3-2-4-8-23)26(35-27(28)34)31-19-17-29(18-20-31)14-6-11-25(32)33/h2-4,7-8,22,24,26H,5-6,9-21H2,1H3,(H,32,33). The lowest BCUT2D eigenvalue weighted by Crippen LogP contribution is -2.54. The molecule has 0 spiro atoms. The lowest BCUT2D eigenvalue weighted by Gasteiger charge is -2.39. The third-order valence-corrected chi connectivity index (χ3v) is 8.04. The molecule has 8 nitrogen and oxygen atoms in total. The van der Waals surface area contributed by atoms with Crippen molar-refractivity contribution in [1.29, 1.82) is 0 Å². The van der Waals surface area contributed by atoms with Gasteiger partial charge in [0.25, 0.3) is 0 Å². The summed E-state index contributed by atoms with van der Waals surface area (Å²) >= 11 is 0. The maximum atomic E-state index is 12.4. The van der Waals surface area contributed by atoms with Gasteiger partial charge < -0.3 is 19.6 Å². The van der Waals surface area contributed by atoms with Gasteiger partial charge in [0, 0.05) is 46.2 Å². The van der Waals surface area contributed by atoms with Gasteiger partial charge in [0.1, 0.15) is 0 Å². The number of rotatable bonds is 11. The normalized spacial score (nSPS) is 25.2. The third-order valence-electron chi connectivity index (χ3n) is 8.04. The largest absolute Gasteiger partial charge is 0.481 e. The van der Waals surface area contributed by atoms with Crippen molar-refractivity contribution >= 4 is 12.1 Å². The van der Waals surface area contributed by atoms with Gasteiger partial charge in [-0.3, -0.25) is 14.6 Å². The van der Waals surface area contributed by atoms with E-state index in [-0.39, 0.29) is 24.8 Å². The third kappa shape index (κ3) is 7.41. The second kappa shape index (κ2) is 12.7. The van der Waals surface area contributed by atoms with Crippen molar-refractivity contribution in [2.24, 2.45) is 5.92 Å². The molecule has 2 unspecified atom stereocenters. The first-order chi connectivity index (χ1) is 17.0. The van der Waals surface area contributed by atoms with E-state index in [4.69, 9.17) is 9.84 Å². The summed E-state index contributed by atoms with van der Waals surface area (Å²) in [5, 5.41) is 8.85. The molecular formula is C27H42N4O4. The Morgan fingerprint density at radius 1 is 0.971 bits per heavy atom. The molecule has 0 radical (unpaired) electrons. The summed E-state index contributed by atoms with van der Waals surface area (Å²) in [5.74, 6) is 0.0447. The summed E-state index contributed by atoms with van der Waals surface area (Å²) in [6, 6.07) is 10.8. The van der Waals surface area contributed by atoms with Crippen molar-refractivity contribution < 1.29 is 19.4 Å². The Morgan fingerprint density at radius 3 is 2.37 bits per heavy atom. The predicted octanol–water partition coefficient (Wildman–Crippen LogP) is 3.33. The summed E-state index contributed by atoms with van der Waals surface area (Å²) in [7, 11) is 1.87. The molecular weight excluding hydrogens is 444 g/mol. The van der Waals surface area contributed by atoms with Crippen LogP contribution >= 0.6 is 0 Å². The van der Waals surface area contributed by atoms with Gasteiger partial charge in [-0.15, -0.1) is 0 Å². The van der Waals surface area contributed by atoms with Gasteiger partial charge in [0.15, 0.2) is 6.23 Å². The molecule has 35 heavy (non-hydrogen) atoms. The molecule has 3 fully saturated rings. The van der Waals surface area contributed by atoms with E-state index in [1.165, 1.54) is 37.9 Å². The molecule has 1 amide bonds. The maximum Gasteiger partial charge on any atom is 0.411 e. The molecule has 1 N–H and O–H groups in total. The number of hydrogen-bond acceptors (Lipinski definition) is 6. The summed E-state index contributed by atoms with van der Waals surface area (Å²) in [5.41, 5.74) is 1.40. The lowest BCUT2D eigenvalue weighted by molar-refractivity contribution is -0.137. The molecule has 3 heterocycles. The smallest absolute Gasteiger partial charge is 0.411 e. The number of nitrogens with zero attached hydrogens (tertiary/aromatic N) is 4. The van der Waals surface area contributed by atoms with Crippen LogP contribution in [0.1, 0.15) is 50.5 Å². The fourth-order valence-corrected chi connectivity index (χ4v) is 5.83. The van der Waals surface area contributed by atoms with Gasteiger partial charge >= 0.3 is 12.1 Å². The summed E-state index contributed by atoms with van der Waals surface area (Å²) < 4.78 is 5.80. The van der Waals surface area contributed by atoms with Crippen molar-refractivity contribution in [1.82, 2.24) is 19.6 Å². The number of cyclic esters (lactones) is 1.